The van der Waals surface area contributed by atoms with Gasteiger partial charge in [-0.15, -0.1) is 0 Å². The molecule has 154 valence electrons. The Morgan fingerprint density at radius 1 is 1.07 bits per heavy atom. The molecule has 1 aliphatic rings. The molecule has 30 heavy (non-hydrogen) atoms. The number of hydrogen-bond acceptors (Lipinski definition) is 5. The molecule has 1 aromatic carbocycles. The van der Waals surface area contributed by atoms with E-state index in [1.54, 1.807) is 10.6 Å². The van der Waals surface area contributed by atoms with E-state index in [9.17, 15) is 10.1 Å². The van der Waals surface area contributed by atoms with Gasteiger partial charge in [-0.25, -0.2) is 4.52 Å². The van der Waals surface area contributed by atoms with Gasteiger partial charge in [0.1, 0.15) is 6.07 Å². The number of unbranched alkanes of at least 4 members (excludes halogenated alkanes) is 1. The molecule has 2 aromatic heterocycles. The minimum Gasteiger partial charge on any atom is -0.368 e. The van der Waals surface area contributed by atoms with Crippen molar-refractivity contribution in [3.05, 3.63) is 66.0 Å². The minimum atomic E-state index is -0.122. The molecule has 4 rings (SSSR count). The minimum absolute atomic E-state index is 0.122. The third kappa shape index (κ3) is 4.61. The quantitative estimate of drug-likeness (QED) is 0.615. The van der Waals surface area contributed by atoms with E-state index in [0.29, 0.717) is 12.2 Å². The number of para-hydroxylation sites is 1. The SMILES string of the molecule is N#Cc1ccccc1N1CCN(CCCCNC(=O)c2cc3ccccn3n2)CC1. The second-order valence-corrected chi connectivity index (χ2v) is 7.52. The van der Waals surface area contributed by atoms with Crippen LogP contribution in [-0.4, -0.2) is 59.7 Å². The summed E-state index contributed by atoms with van der Waals surface area (Å²) in [6.07, 6.45) is 3.82. The van der Waals surface area contributed by atoms with Crippen LogP contribution in [0.2, 0.25) is 0 Å². The molecule has 0 unspecified atom stereocenters. The molecule has 0 radical (unpaired) electrons. The Labute approximate surface area is 176 Å². The zero-order valence-corrected chi connectivity index (χ0v) is 17.0. The molecular weight excluding hydrogens is 376 g/mol. The van der Waals surface area contributed by atoms with Crippen molar-refractivity contribution >= 4 is 17.1 Å². The van der Waals surface area contributed by atoms with Crippen molar-refractivity contribution in [1.29, 1.82) is 5.26 Å². The lowest BCUT2D eigenvalue weighted by molar-refractivity contribution is 0.0947. The molecule has 1 fully saturated rings. The highest BCUT2D eigenvalue weighted by atomic mass is 16.1. The van der Waals surface area contributed by atoms with Crippen LogP contribution < -0.4 is 10.2 Å². The van der Waals surface area contributed by atoms with Gasteiger partial charge in [-0.05, 0) is 49.7 Å². The van der Waals surface area contributed by atoms with E-state index in [4.69, 9.17) is 0 Å². The van der Waals surface area contributed by atoms with Crippen molar-refractivity contribution in [3.8, 4) is 6.07 Å². The number of amides is 1. The van der Waals surface area contributed by atoms with Crippen molar-refractivity contribution in [2.45, 2.75) is 12.8 Å². The van der Waals surface area contributed by atoms with Crippen molar-refractivity contribution in [2.75, 3.05) is 44.2 Å². The summed E-state index contributed by atoms with van der Waals surface area (Å²) in [5.41, 5.74) is 3.15. The molecule has 3 heterocycles. The zero-order valence-electron chi connectivity index (χ0n) is 17.0. The van der Waals surface area contributed by atoms with Crippen molar-refractivity contribution < 1.29 is 4.79 Å². The number of fused-ring (bicyclic) bond motifs is 1. The van der Waals surface area contributed by atoms with Gasteiger partial charge in [0.25, 0.3) is 5.91 Å². The first-order valence-electron chi connectivity index (χ1n) is 10.4. The second-order valence-electron chi connectivity index (χ2n) is 7.52. The Hall–Kier alpha value is -3.37. The Morgan fingerprint density at radius 2 is 1.87 bits per heavy atom. The summed E-state index contributed by atoms with van der Waals surface area (Å²) in [7, 11) is 0. The molecule has 0 bridgehead atoms. The average Bonchev–Trinajstić information content (AvgIpc) is 3.24. The van der Waals surface area contributed by atoms with E-state index in [2.05, 4.69) is 26.3 Å². The summed E-state index contributed by atoms with van der Waals surface area (Å²) in [5, 5.41) is 16.6. The molecule has 1 aliphatic heterocycles. The maximum absolute atomic E-state index is 12.3. The van der Waals surface area contributed by atoms with Gasteiger partial charge in [0.2, 0.25) is 0 Å². The molecule has 3 aromatic rings. The highest BCUT2D eigenvalue weighted by molar-refractivity contribution is 5.93. The maximum atomic E-state index is 12.3. The molecule has 0 aliphatic carbocycles. The fourth-order valence-corrected chi connectivity index (χ4v) is 3.86. The lowest BCUT2D eigenvalue weighted by atomic mass is 10.1. The van der Waals surface area contributed by atoms with Gasteiger partial charge in [-0.1, -0.05) is 18.2 Å². The largest absolute Gasteiger partial charge is 0.368 e. The van der Waals surface area contributed by atoms with Gasteiger partial charge in [0.15, 0.2) is 5.69 Å². The van der Waals surface area contributed by atoms with E-state index in [1.807, 2.05) is 48.7 Å². The first-order chi connectivity index (χ1) is 14.7. The summed E-state index contributed by atoms with van der Waals surface area (Å²) >= 11 is 0. The lowest BCUT2D eigenvalue weighted by Crippen LogP contribution is -2.46. The van der Waals surface area contributed by atoms with Crippen LogP contribution in [0, 0.1) is 11.3 Å². The molecule has 7 nitrogen and oxygen atoms in total. The molecule has 0 spiro atoms. The predicted molar refractivity (Wildman–Crippen MR) is 117 cm³/mol. The van der Waals surface area contributed by atoms with Crippen molar-refractivity contribution in [1.82, 2.24) is 19.8 Å². The Kier molecular flexibility index (Phi) is 6.26. The van der Waals surface area contributed by atoms with Gasteiger partial charge in [0.05, 0.1) is 16.8 Å². The highest BCUT2D eigenvalue weighted by Crippen LogP contribution is 2.21. The van der Waals surface area contributed by atoms with Gasteiger partial charge in [0, 0.05) is 38.9 Å². The molecule has 0 saturated carbocycles. The summed E-state index contributed by atoms with van der Waals surface area (Å²) in [6.45, 7) is 5.54. The van der Waals surface area contributed by atoms with Gasteiger partial charge < -0.3 is 10.2 Å². The van der Waals surface area contributed by atoms with Crippen LogP contribution in [0.1, 0.15) is 28.9 Å². The molecule has 1 saturated heterocycles. The third-order valence-corrected chi connectivity index (χ3v) is 5.53. The number of carbonyl (C=O) groups is 1. The van der Waals surface area contributed by atoms with Crippen LogP contribution in [0.3, 0.4) is 0 Å². The normalized spacial score (nSPS) is 14.6. The standard InChI is InChI=1S/C23H26N6O/c24-18-19-7-1-2-9-22(19)28-15-13-27(14-16-28)11-6-4-10-25-23(30)21-17-20-8-3-5-12-29(20)26-21/h1-3,5,7-9,12,17H,4,6,10-11,13-16H2,(H,25,30). The highest BCUT2D eigenvalue weighted by Gasteiger charge is 2.18. The second kappa shape index (κ2) is 9.42. The van der Waals surface area contributed by atoms with Crippen molar-refractivity contribution in [3.63, 3.8) is 0 Å². The van der Waals surface area contributed by atoms with Crippen LogP contribution >= 0.6 is 0 Å². The van der Waals surface area contributed by atoms with E-state index in [-0.39, 0.29) is 5.91 Å². The van der Waals surface area contributed by atoms with Crippen LogP contribution in [0.15, 0.2) is 54.7 Å². The number of rotatable bonds is 7. The zero-order chi connectivity index (χ0) is 20.8. The number of hydrogen-bond donors (Lipinski definition) is 1. The van der Waals surface area contributed by atoms with Crippen LogP contribution in [0.5, 0.6) is 0 Å². The number of nitriles is 1. The summed E-state index contributed by atoms with van der Waals surface area (Å²) < 4.78 is 1.71. The third-order valence-electron chi connectivity index (χ3n) is 5.53. The molecule has 7 heteroatoms. The molecule has 1 N–H and O–H groups in total. The average molecular weight is 403 g/mol. The Morgan fingerprint density at radius 3 is 2.67 bits per heavy atom. The number of nitrogens with one attached hydrogen (secondary N) is 1. The van der Waals surface area contributed by atoms with E-state index >= 15 is 0 Å². The number of carbonyl (C=O) groups excluding carboxylic acids is 1. The molecule has 0 atom stereocenters. The first kappa shape index (κ1) is 19.9. The Bertz CT molecular complexity index is 1010. The number of anilines is 1. The number of aromatic nitrogens is 2. The summed E-state index contributed by atoms with van der Waals surface area (Å²) in [5.74, 6) is -0.122. The number of pyridine rings is 1. The van der Waals surface area contributed by atoms with Crippen LogP contribution in [-0.2, 0) is 0 Å². The fourth-order valence-electron chi connectivity index (χ4n) is 3.86. The predicted octanol–water partition coefficient (Wildman–Crippen LogP) is 2.54. The van der Waals surface area contributed by atoms with Crippen molar-refractivity contribution in [2.24, 2.45) is 0 Å². The maximum Gasteiger partial charge on any atom is 0.271 e. The van der Waals surface area contributed by atoms with Crippen LogP contribution in [0.4, 0.5) is 5.69 Å². The lowest BCUT2D eigenvalue weighted by Gasteiger charge is -2.36. The van der Waals surface area contributed by atoms with Crippen LogP contribution in [0.25, 0.3) is 5.52 Å². The summed E-state index contributed by atoms with van der Waals surface area (Å²) in [4.78, 5) is 17.0. The monoisotopic (exact) mass is 402 g/mol. The topological polar surface area (TPSA) is 76.7 Å². The van der Waals surface area contributed by atoms with Gasteiger partial charge >= 0.3 is 0 Å². The number of nitrogens with zero attached hydrogens (tertiary/aromatic N) is 5. The molecule has 1 amide bonds. The Balaban J connectivity index is 1.15. The van der Waals surface area contributed by atoms with E-state index in [1.165, 1.54) is 0 Å². The van der Waals surface area contributed by atoms with E-state index < -0.39 is 0 Å². The van der Waals surface area contributed by atoms with E-state index in [0.717, 1.165) is 62.3 Å². The summed E-state index contributed by atoms with van der Waals surface area (Å²) in [6, 6.07) is 17.7. The molecular formula is C23H26N6O. The van der Waals surface area contributed by atoms with Gasteiger partial charge in [-0.3, -0.25) is 9.69 Å². The number of piperazine rings is 1. The fraction of sp³-hybridized carbons (Fsp3) is 0.348. The smallest absolute Gasteiger partial charge is 0.271 e. The first-order valence-corrected chi connectivity index (χ1v) is 10.4. The number of benzene rings is 1. The van der Waals surface area contributed by atoms with Gasteiger partial charge in [-0.2, -0.15) is 10.4 Å².